The molecule has 9 nitrogen and oxygen atoms in total. The third-order valence-electron chi connectivity index (χ3n) is 6.67. The van der Waals surface area contributed by atoms with E-state index in [1.165, 1.54) is 5.56 Å². The fraction of sp³-hybridized carbons (Fsp3) is 0.321. The Balaban J connectivity index is 1.20. The van der Waals surface area contributed by atoms with E-state index in [2.05, 4.69) is 37.6 Å². The first kappa shape index (κ1) is 24.6. The molecule has 0 bridgehead atoms. The van der Waals surface area contributed by atoms with Crippen LogP contribution in [0.3, 0.4) is 0 Å². The zero-order valence-electron chi connectivity index (χ0n) is 21.2. The van der Waals surface area contributed by atoms with Gasteiger partial charge in [-0.3, -0.25) is 9.69 Å². The van der Waals surface area contributed by atoms with Crippen LogP contribution in [0.2, 0.25) is 0 Å². The summed E-state index contributed by atoms with van der Waals surface area (Å²) in [5.74, 6) is 2.92. The SMILES string of the molecule is CNC(=O)COc1ccc(-c2nc3c(NC4CCN(Cc5ccc(OC)cc5)CC4)nccc3[nH]2)cc1. The number of carbonyl (C=O) groups excluding carboxylic acids is 1. The molecule has 37 heavy (non-hydrogen) atoms. The molecule has 0 atom stereocenters. The van der Waals surface area contributed by atoms with Crippen molar-refractivity contribution < 1.29 is 14.3 Å². The lowest BCUT2D eigenvalue weighted by atomic mass is 10.0. The van der Waals surface area contributed by atoms with Gasteiger partial charge in [-0.1, -0.05) is 12.1 Å². The lowest BCUT2D eigenvalue weighted by Gasteiger charge is -2.32. The molecule has 4 aromatic rings. The first-order valence-electron chi connectivity index (χ1n) is 12.5. The summed E-state index contributed by atoms with van der Waals surface area (Å²) in [5.41, 5.74) is 4.00. The van der Waals surface area contributed by atoms with Crippen molar-refractivity contribution in [3.63, 3.8) is 0 Å². The maximum absolute atomic E-state index is 11.4. The fourth-order valence-electron chi connectivity index (χ4n) is 4.53. The monoisotopic (exact) mass is 500 g/mol. The number of H-pyrrole nitrogens is 1. The van der Waals surface area contributed by atoms with Crippen LogP contribution in [0.4, 0.5) is 5.82 Å². The average Bonchev–Trinajstić information content (AvgIpc) is 3.39. The lowest BCUT2D eigenvalue weighted by Crippen LogP contribution is -2.38. The second kappa shape index (κ2) is 11.3. The molecule has 0 radical (unpaired) electrons. The molecule has 2 aromatic carbocycles. The van der Waals surface area contributed by atoms with Crippen LogP contribution in [0.5, 0.6) is 11.5 Å². The Kier molecular flexibility index (Phi) is 7.51. The van der Waals surface area contributed by atoms with Gasteiger partial charge < -0.3 is 25.1 Å². The minimum atomic E-state index is -0.170. The van der Waals surface area contributed by atoms with Gasteiger partial charge in [0.15, 0.2) is 12.4 Å². The summed E-state index contributed by atoms with van der Waals surface area (Å²) >= 11 is 0. The minimum Gasteiger partial charge on any atom is -0.497 e. The van der Waals surface area contributed by atoms with Crippen LogP contribution in [0.15, 0.2) is 60.8 Å². The van der Waals surface area contributed by atoms with E-state index in [0.717, 1.165) is 66.5 Å². The Morgan fingerprint density at radius 3 is 2.49 bits per heavy atom. The number of nitrogens with one attached hydrogen (secondary N) is 3. The standard InChI is InChI=1S/C28H32N6O3/c1-29-25(35)18-37-23-9-5-20(6-10-23)27-32-24-11-14-30-28(26(24)33-27)31-21-12-15-34(16-13-21)17-19-3-7-22(36-2)8-4-19/h3-11,14,21H,12-13,15-18H2,1-2H3,(H,29,35)(H,30,31)(H,32,33). The number of carbonyl (C=O) groups is 1. The van der Waals surface area contributed by atoms with Gasteiger partial charge in [-0.05, 0) is 60.9 Å². The van der Waals surface area contributed by atoms with Gasteiger partial charge in [0, 0.05) is 44.5 Å². The number of pyridine rings is 1. The number of ether oxygens (including phenoxy) is 2. The van der Waals surface area contributed by atoms with Crippen molar-refractivity contribution in [2.24, 2.45) is 0 Å². The third-order valence-corrected chi connectivity index (χ3v) is 6.67. The quantitative estimate of drug-likeness (QED) is 0.321. The maximum atomic E-state index is 11.4. The van der Waals surface area contributed by atoms with Crippen molar-refractivity contribution in [2.75, 3.05) is 39.2 Å². The molecule has 1 aliphatic rings. The zero-order chi connectivity index (χ0) is 25.6. The number of benzene rings is 2. The van der Waals surface area contributed by atoms with E-state index in [1.54, 1.807) is 20.4 Å². The van der Waals surface area contributed by atoms with Crippen molar-refractivity contribution in [3.05, 3.63) is 66.4 Å². The highest BCUT2D eigenvalue weighted by molar-refractivity contribution is 5.88. The van der Waals surface area contributed by atoms with Crippen LogP contribution in [-0.4, -0.2) is 65.7 Å². The number of aromatic nitrogens is 3. The van der Waals surface area contributed by atoms with E-state index in [-0.39, 0.29) is 12.5 Å². The Morgan fingerprint density at radius 1 is 1.05 bits per heavy atom. The molecule has 9 heteroatoms. The van der Waals surface area contributed by atoms with E-state index < -0.39 is 0 Å². The van der Waals surface area contributed by atoms with E-state index in [9.17, 15) is 4.79 Å². The van der Waals surface area contributed by atoms with Gasteiger partial charge in [0.1, 0.15) is 22.8 Å². The number of amides is 1. The predicted molar refractivity (Wildman–Crippen MR) is 144 cm³/mol. The number of anilines is 1. The molecule has 0 spiro atoms. The zero-order valence-corrected chi connectivity index (χ0v) is 21.2. The van der Waals surface area contributed by atoms with E-state index in [0.29, 0.717) is 11.8 Å². The number of likely N-dealkylation sites (N-methyl/N-ethyl adjacent to an activating group) is 1. The first-order chi connectivity index (χ1) is 18.1. The van der Waals surface area contributed by atoms with Gasteiger partial charge in [0.05, 0.1) is 12.6 Å². The van der Waals surface area contributed by atoms with E-state index in [4.69, 9.17) is 14.5 Å². The van der Waals surface area contributed by atoms with Gasteiger partial charge in [-0.2, -0.15) is 0 Å². The van der Waals surface area contributed by atoms with Crippen LogP contribution in [0.1, 0.15) is 18.4 Å². The number of imidazole rings is 1. The molecule has 0 unspecified atom stereocenters. The van der Waals surface area contributed by atoms with Gasteiger partial charge in [0.2, 0.25) is 0 Å². The number of fused-ring (bicyclic) bond motifs is 1. The summed E-state index contributed by atoms with van der Waals surface area (Å²) in [7, 11) is 3.28. The molecule has 5 rings (SSSR count). The number of piperidine rings is 1. The highest BCUT2D eigenvalue weighted by Gasteiger charge is 2.21. The molecule has 3 N–H and O–H groups in total. The largest absolute Gasteiger partial charge is 0.497 e. The number of hydrogen-bond donors (Lipinski definition) is 3. The van der Waals surface area contributed by atoms with Crippen LogP contribution >= 0.6 is 0 Å². The minimum absolute atomic E-state index is 0.0123. The van der Waals surface area contributed by atoms with Crippen LogP contribution in [0.25, 0.3) is 22.4 Å². The highest BCUT2D eigenvalue weighted by atomic mass is 16.5. The van der Waals surface area contributed by atoms with Crippen molar-refractivity contribution >= 4 is 22.8 Å². The molecule has 3 heterocycles. The second-order valence-electron chi connectivity index (χ2n) is 9.17. The summed E-state index contributed by atoms with van der Waals surface area (Å²) in [4.78, 5) is 26.7. The predicted octanol–water partition coefficient (Wildman–Crippen LogP) is 3.83. The summed E-state index contributed by atoms with van der Waals surface area (Å²) in [6.45, 7) is 2.99. The van der Waals surface area contributed by atoms with Crippen LogP contribution < -0.4 is 20.1 Å². The molecule has 1 amide bonds. The molecule has 1 fully saturated rings. The number of aromatic amines is 1. The van der Waals surface area contributed by atoms with Gasteiger partial charge >= 0.3 is 0 Å². The number of likely N-dealkylation sites (tertiary alicyclic amines) is 1. The molecule has 0 aliphatic carbocycles. The first-order valence-corrected chi connectivity index (χ1v) is 12.5. The maximum Gasteiger partial charge on any atom is 0.257 e. The third kappa shape index (κ3) is 6.00. The van der Waals surface area contributed by atoms with Gasteiger partial charge in [-0.25, -0.2) is 9.97 Å². The normalized spacial score (nSPS) is 14.4. The molecular formula is C28H32N6O3. The van der Waals surface area contributed by atoms with E-state index in [1.807, 2.05) is 42.5 Å². The Bertz CT molecular complexity index is 1330. The molecule has 1 aliphatic heterocycles. The molecular weight excluding hydrogens is 468 g/mol. The molecule has 2 aromatic heterocycles. The van der Waals surface area contributed by atoms with Crippen molar-refractivity contribution in [2.45, 2.75) is 25.4 Å². The Labute approximate surface area is 216 Å². The Morgan fingerprint density at radius 2 is 1.78 bits per heavy atom. The van der Waals surface area contributed by atoms with E-state index >= 15 is 0 Å². The number of methoxy groups -OCH3 is 1. The van der Waals surface area contributed by atoms with Crippen molar-refractivity contribution in [1.29, 1.82) is 0 Å². The fourth-order valence-corrected chi connectivity index (χ4v) is 4.53. The number of hydrogen-bond acceptors (Lipinski definition) is 7. The topological polar surface area (TPSA) is 104 Å². The molecule has 1 saturated heterocycles. The summed E-state index contributed by atoms with van der Waals surface area (Å²) < 4.78 is 10.8. The van der Waals surface area contributed by atoms with Gasteiger partial charge in [-0.15, -0.1) is 0 Å². The lowest BCUT2D eigenvalue weighted by molar-refractivity contribution is -0.122. The van der Waals surface area contributed by atoms with Crippen LogP contribution in [-0.2, 0) is 11.3 Å². The highest BCUT2D eigenvalue weighted by Crippen LogP contribution is 2.27. The van der Waals surface area contributed by atoms with Crippen molar-refractivity contribution in [3.8, 4) is 22.9 Å². The number of rotatable bonds is 9. The molecule has 0 saturated carbocycles. The smallest absolute Gasteiger partial charge is 0.257 e. The van der Waals surface area contributed by atoms with Crippen molar-refractivity contribution in [1.82, 2.24) is 25.2 Å². The van der Waals surface area contributed by atoms with Gasteiger partial charge in [0.25, 0.3) is 5.91 Å². The summed E-state index contributed by atoms with van der Waals surface area (Å²) in [6, 6.07) is 18.1. The van der Waals surface area contributed by atoms with Crippen LogP contribution in [0, 0.1) is 0 Å². The Hall–Kier alpha value is -4.11. The average molecular weight is 501 g/mol. The number of nitrogens with zero attached hydrogens (tertiary/aromatic N) is 3. The molecule has 192 valence electrons. The second-order valence-corrected chi connectivity index (χ2v) is 9.17. The summed E-state index contributed by atoms with van der Waals surface area (Å²) in [5, 5.41) is 6.18. The summed E-state index contributed by atoms with van der Waals surface area (Å²) in [6.07, 6.45) is 3.90.